The SMILES string of the molecule is CCC(=O)Nc1cncc(-c2ccc3[nH]nc(-c4nc5c(-c6cc(F)cc(CN7CCC(O)CC7)c6)cncc5[nH]4)c3c2)c1. The first kappa shape index (κ1) is 27.8. The van der Waals surface area contributed by atoms with Gasteiger partial charge in [-0.05, 0) is 65.9 Å². The molecule has 0 spiro atoms. The van der Waals surface area contributed by atoms with Crippen molar-refractivity contribution in [2.75, 3.05) is 18.4 Å². The Balaban J connectivity index is 1.23. The molecule has 1 saturated heterocycles. The van der Waals surface area contributed by atoms with Crippen LogP contribution >= 0.6 is 0 Å². The third-order valence-electron chi connectivity index (χ3n) is 8.09. The number of aliphatic hydroxyl groups is 1. The minimum Gasteiger partial charge on any atom is -0.393 e. The first-order chi connectivity index (χ1) is 21.4. The van der Waals surface area contributed by atoms with Gasteiger partial charge in [0.05, 0.1) is 40.7 Å². The van der Waals surface area contributed by atoms with Gasteiger partial charge in [0.1, 0.15) is 11.5 Å². The van der Waals surface area contributed by atoms with Crippen molar-refractivity contribution < 1.29 is 14.3 Å². The van der Waals surface area contributed by atoms with E-state index >= 15 is 0 Å². The maximum atomic E-state index is 14.9. The Morgan fingerprint density at radius 2 is 1.84 bits per heavy atom. The predicted molar refractivity (Wildman–Crippen MR) is 167 cm³/mol. The van der Waals surface area contributed by atoms with E-state index in [0.29, 0.717) is 46.8 Å². The highest BCUT2D eigenvalue weighted by atomic mass is 19.1. The average Bonchev–Trinajstić information content (AvgIpc) is 3.66. The van der Waals surface area contributed by atoms with Crippen LogP contribution in [0.25, 0.3) is 55.7 Å². The molecule has 0 saturated carbocycles. The molecule has 2 aromatic carbocycles. The first-order valence-corrected chi connectivity index (χ1v) is 14.7. The van der Waals surface area contributed by atoms with Gasteiger partial charge in [-0.25, -0.2) is 9.37 Å². The summed E-state index contributed by atoms with van der Waals surface area (Å²) in [6, 6.07) is 12.9. The molecule has 222 valence electrons. The van der Waals surface area contributed by atoms with E-state index in [1.807, 2.05) is 30.3 Å². The van der Waals surface area contributed by atoms with Crippen LogP contribution in [0.1, 0.15) is 31.7 Å². The number of hydrogen-bond acceptors (Lipinski definition) is 7. The number of carbonyl (C=O) groups is 1. The largest absolute Gasteiger partial charge is 0.393 e. The van der Waals surface area contributed by atoms with E-state index in [4.69, 9.17) is 4.98 Å². The molecule has 0 unspecified atom stereocenters. The summed E-state index contributed by atoms with van der Waals surface area (Å²) in [5.41, 5.74) is 7.54. The normalized spacial score (nSPS) is 14.4. The van der Waals surface area contributed by atoms with Gasteiger partial charge in [-0.3, -0.25) is 24.8 Å². The maximum absolute atomic E-state index is 14.9. The summed E-state index contributed by atoms with van der Waals surface area (Å²) in [4.78, 5) is 31.1. The van der Waals surface area contributed by atoms with Crippen LogP contribution in [0.5, 0.6) is 0 Å². The van der Waals surface area contributed by atoms with Crippen LogP contribution in [0.2, 0.25) is 0 Å². The number of piperidine rings is 1. The van der Waals surface area contributed by atoms with Gasteiger partial charge in [0.15, 0.2) is 5.82 Å². The molecule has 1 aliphatic rings. The van der Waals surface area contributed by atoms with Crippen molar-refractivity contribution in [1.82, 2.24) is 35.0 Å². The topological polar surface area (TPSA) is 136 Å². The van der Waals surface area contributed by atoms with Crippen LogP contribution in [-0.4, -0.2) is 65.2 Å². The molecular weight excluding hydrogens is 559 g/mol. The van der Waals surface area contributed by atoms with E-state index in [1.165, 1.54) is 6.07 Å². The van der Waals surface area contributed by atoms with Crippen LogP contribution in [0.15, 0.2) is 67.3 Å². The zero-order chi connectivity index (χ0) is 30.2. The minimum absolute atomic E-state index is 0.0764. The average molecular weight is 591 g/mol. The molecule has 0 bridgehead atoms. The van der Waals surface area contributed by atoms with E-state index in [-0.39, 0.29) is 17.8 Å². The third-order valence-corrected chi connectivity index (χ3v) is 8.09. The van der Waals surface area contributed by atoms with E-state index in [9.17, 15) is 14.3 Å². The number of fused-ring (bicyclic) bond motifs is 2. The lowest BCUT2D eigenvalue weighted by Crippen LogP contribution is -2.35. The summed E-state index contributed by atoms with van der Waals surface area (Å²) in [6.45, 7) is 3.97. The van der Waals surface area contributed by atoms with Crippen LogP contribution in [0.3, 0.4) is 0 Å². The molecule has 44 heavy (non-hydrogen) atoms. The second kappa shape index (κ2) is 11.6. The lowest BCUT2D eigenvalue weighted by atomic mass is 10.0. The number of hydrogen-bond donors (Lipinski definition) is 4. The Hall–Kier alpha value is -5.00. The molecule has 0 atom stereocenters. The molecule has 0 aliphatic carbocycles. The Morgan fingerprint density at radius 3 is 2.68 bits per heavy atom. The molecule has 10 nitrogen and oxygen atoms in total. The Labute approximate surface area is 252 Å². The first-order valence-electron chi connectivity index (χ1n) is 14.7. The molecule has 7 rings (SSSR count). The van der Waals surface area contributed by atoms with Crippen molar-refractivity contribution in [1.29, 1.82) is 0 Å². The zero-order valence-corrected chi connectivity index (χ0v) is 24.1. The van der Waals surface area contributed by atoms with Crippen molar-refractivity contribution in [3.05, 3.63) is 78.6 Å². The fourth-order valence-electron chi connectivity index (χ4n) is 5.78. The lowest BCUT2D eigenvalue weighted by molar-refractivity contribution is -0.115. The fraction of sp³-hybridized carbons (Fsp3) is 0.242. The zero-order valence-electron chi connectivity index (χ0n) is 24.1. The Morgan fingerprint density at radius 1 is 1.00 bits per heavy atom. The summed E-state index contributed by atoms with van der Waals surface area (Å²) in [5.74, 6) is 0.164. The van der Waals surface area contributed by atoms with Gasteiger partial charge >= 0.3 is 0 Å². The number of nitrogens with one attached hydrogen (secondary N) is 3. The molecule has 11 heteroatoms. The molecule has 4 N–H and O–H groups in total. The summed E-state index contributed by atoms with van der Waals surface area (Å²) in [6.07, 6.45) is 8.37. The lowest BCUT2D eigenvalue weighted by Gasteiger charge is -2.29. The van der Waals surface area contributed by atoms with Gasteiger partial charge in [0.2, 0.25) is 5.91 Å². The summed E-state index contributed by atoms with van der Waals surface area (Å²) in [7, 11) is 0. The van der Waals surface area contributed by atoms with Crippen LogP contribution in [0.4, 0.5) is 10.1 Å². The number of benzene rings is 2. The number of aromatic amines is 2. The monoisotopic (exact) mass is 590 g/mol. The number of H-pyrrole nitrogens is 2. The fourth-order valence-corrected chi connectivity index (χ4v) is 5.78. The van der Waals surface area contributed by atoms with E-state index < -0.39 is 0 Å². The number of anilines is 1. The van der Waals surface area contributed by atoms with Gasteiger partial charge in [-0.2, -0.15) is 5.10 Å². The van der Waals surface area contributed by atoms with Crippen molar-refractivity contribution in [3.8, 4) is 33.8 Å². The molecule has 6 aromatic rings. The predicted octanol–water partition coefficient (Wildman–Crippen LogP) is 5.67. The molecule has 1 amide bonds. The quantitative estimate of drug-likeness (QED) is 0.188. The maximum Gasteiger partial charge on any atom is 0.224 e. The number of halogens is 1. The van der Waals surface area contributed by atoms with E-state index in [2.05, 4.69) is 35.4 Å². The number of imidazole rings is 1. The molecule has 1 aliphatic heterocycles. The number of likely N-dealkylation sites (tertiary alicyclic amines) is 1. The molecule has 1 fully saturated rings. The molecular formula is C33H31FN8O2. The van der Waals surface area contributed by atoms with Gasteiger partial charge in [-0.15, -0.1) is 0 Å². The molecule has 5 heterocycles. The molecule has 0 radical (unpaired) electrons. The highest BCUT2D eigenvalue weighted by Crippen LogP contribution is 2.34. The van der Waals surface area contributed by atoms with Crippen LogP contribution in [-0.2, 0) is 11.3 Å². The summed E-state index contributed by atoms with van der Waals surface area (Å²) < 4.78 is 14.9. The highest BCUT2D eigenvalue weighted by Gasteiger charge is 2.19. The minimum atomic E-state index is -0.319. The number of rotatable bonds is 7. The molecule has 4 aromatic heterocycles. The number of pyridine rings is 2. The van der Waals surface area contributed by atoms with Crippen molar-refractivity contribution in [2.24, 2.45) is 0 Å². The summed E-state index contributed by atoms with van der Waals surface area (Å²) >= 11 is 0. The van der Waals surface area contributed by atoms with Crippen LogP contribution in [0, 0.1) is 5.82 Å². The standard InChI is InChI=1S/C33H31FN8O2/c1-2-30(44)37-24-12-22(14-35-15-24)20-3-4-28-26(13-20)32(41-40-28)33-38-29-17-36-16-27(31(29)39-33)21-9-19(10-23(34)11-21)18-42-7-5-25(43)6-8-42/h3-4,9-17,25,43H,2,5-8,18H2,1H3,(H,37,44)(H,38,39)(H,40,41). The second-order valence-electron chi connectivity index (χ2n) is 11.2. The van der Waals surface area contributed by atoms with Crippen molar-refractivity contribution in [3.63, 3.8) is 0 Å². The number of carbonyl (C=O) groups excluding carboxylic acids is 1. The van der Waals surface area contributed by atoms with Crippen molar-refractivity contribution >= 4 is 33.5 Å². The highest BCUT2D eigenvalue weighted by molar-refractivity contribution is 5.98. The summed E-state index contributed by atoms with van der Waals surface area (Å²) in [5, 5.41) is 21.2. The second-order valence-corrected chi connectivity index (χ2v) is 11.2. The Kier molecular flexibility index (Phi) is 7.32. The van der Waals surface area contributed by atoms with Gasteiger partial charge in [0.25, 0.3) is 0 Å². The number of aromatic nitrogens is 6. The number of nitrogens with zero attached hydrogens (tertiary/aromatic N) is 5. The number of aliphatic hydroxyl groups excluding tert-OH is 1. The van der Waals surface area contributed by atoms with Crippen molar-refractivity contribution in [2.45, 2.75) is 38.8 Å². The number of amides is 1. The Bertz CT molecular complexity index is 1990. The van der Waals surface area contributed by atoms with Gasteiger partial charge in [0, 0.05) is 55.0 Å². The van der Waals surface area contributed by atoms with Gasteiger partial charge in [-0.1, -0.05) is 13.0 Å². The third kappa shape index (κ3) is 5.54. The van der Waals surface area contributed by atoms with Crippen LogP contribution < -0.4 is 5.32 Å². The van der Waals surface area contributed by atoms with Gasteiger partial charge < -0.3 is 15.4 Å². The van der Waals surface area contributed by atoms with E-state index in [0.717, 1.165) is 59.1 Å². The van der Waals surface area contributed by atoms with E-state index in [1.54, 1.807) is 37.8 Å². The smallest absolute Gasteiger partial charge is 0.224 e.